The molecule has 2 heterocycles. The van der Waals surface area contributed by atoms with Gasteiger partial charge in [-0.1, -0.05) is 41.7 Å². The van der Waals surface area contributed by atoms with E-state index in [1.54, 1.807) is 30.7 Å². The summed E-state index contributed by atoms with van der Waals surface area (Å²) in [6, 6.07) is 6.39. The normalized spacial score (nSPS) is 33.0. The number of urea groups is 1. The molecule has 1 aromatic carbocycles. The maximum atomic E-state index is 13.0. The van der Waals surface area contributed by atoms with Gasteiger partial charge in [0.1, 0.15) is 5.02 Å². The fraction of sp³-hybridized carbons (Fsp3) is 0.500. The van der Waals surface area contributed by atoms with Crippen LogP contribution in [0.3, 0.4) is 0 Å². The van der Waals surface area contributed by atoms with Crippen LogP contribution in [0, 0.1) is 5.92 Å². The number of fused-ring (bicyclic) bond motifs is 1. The molecule has 0 spiro atoms. The van der Waals surface area contributed by atoms with Crippen molar-refractivity contribution in [1.82, 2.24) is 14.7 Å². The first-order valence-electron chi connectivity index (χ1n) is 8.25. The third-order valence-electron chi connectivity index (χ3n) is 5.26. The number of halogens is 1. The number of nitrogens with zero attached hydrogens (tertiary/aromatic N) is 5. The monoisotopic (exact) mass is 347 g/mol. The van der Waals surface area contributed by atoms with E-state index in [9.17, 15) is 9.59 Å². The van der Waals surface area contributed by atoms with Crippen LogP contribution in [-0.2, 0) is 4.79 Å². The molecule has 3 atom stereocenters. The molecule has 3 aliphatic rings. The summed E-state index contributed by atoms with van der Waals surface area (Å²) in [4.78, 5) is 24.7. The minimum Gasteiger partial charge on any atom is -0.211 e. The SMILES string of the molecule is O=[C][N+]1(c2ccccc2Cl)N=NN(N2CCC3CCCCC32)C1=O. The third kappa shape index (κ3) is 2.19. The van der Waals surface area contributed by atoms with Crippen molar-refractivity contribution in [3.63, 3.8) is 0 Å². The second-order valence-electron chi connectivity index (χ2n) is 6.49. The van der Waals surface area contributed by atoms with E-state index in [0.717, 1.165) is 25.8 Å². The van der Waals surface area contributed by atoms with Crippen LogP contribution in [-0.4, -0.2) is 35.2 Å². The van der Waals surface area contributed by atoms with Crippen molar-refractivity contribution in [3.05, 3.63) is 29.3 Å². The van der Waals surface area contributed by atoms with E-state index in [0.29, 0.717) is 12.0 Å². The molecule has 4 rings (SSSR count). The fourth-order valence-electron chi connectivity index (χ4n) is 4.05. The summed E-state index contributed by atoms with van der Waals surface area (Å²) in [6.45, 7) is 0.751. The lowest BCUT2D eigenvalue weighted by Gasteiger charge is -2.33. The highest BCUT2D eigenvalue weighted by Crippen LogP contribution is 2.41. The van der Waals surface area contributed by atoms with Crippen molar-refractivity contribution in [2.45, 2.75) is 38.1 Å². The van der Waals surface area contributed by atoms with E-state index < -0.39 is 10.6 Å². The average Bonchev–Trinajstić information content (AvgIpc) is 3.17. The van der Waals surface area contributed by atoms with Gasteiger partial charge in [0.05, 0.1) is 5.22 Å². The van der Waals surface area contributed by atoms with E-state index in [1.807, 2.05) is 5.01 Å². The largest absolute Gasteiger partial charge is 0.498 e. The summed E-state index contributed by atoms with van der Waals surface area (Å²) < 4.78 is -0.993. The van der Waals surface area contributed by atoms with Crippen molar-refractivity contribution in [2.75, 3.05) is 6.54 Å². The minimum absolute atomic E-state index is 0.268. The summed E-state index contributed by atoms with van der Waals surface area (Å²) in [7, 11) is 0. The van der Waals surface area contributed by atoms with Gasteiger partial charge in [-0.15, -0.1) is 0 Å². The lowest BCUT2D eigenvalue weighted by Crippen LogP contribution is -2.55. The molecule has 3 amide bonds. The van der Waals surface area contributed by atoms with Gasteiger partial charge in [0.2, 0.25) is 0 Å². The molecule has 0 N–H and O–H groups in total. The second-order valence-corrected chi connectivity index (χ2v) is 6.90. The molecule has 1 saturated carbocycles. The minimum atomic E-state index is -0.993. The first-order valence-corrected chi connectivity index (χ1v) is 8.63. The van der Waals surface area contributed by atoms with Crippen LogP contribution in [0.2, 0.25) is 5.02 Å². The Morgan fingerprint density at radius 2 is 2.00 bits per heavy atom. The predicted octanol–water partition coefficient (Wildman–Crippen LogP) is 3.61. The molecule has 8 heteroatoms. The zero-order valence-electron chi connectivity index (χ0n) is 13.1. The van der Waals surface area contributed by atoms with Crippen LogP contribution >= 0.6 is 11.6 Å². The number of quaternary nitrogens is 1. The van der Waals surface area contributed by atoms with Crippen molar-refractivity contribution in [3.8, 4) is 0 Å². The van der Waals surface area contributed by atoms with Crippen LogP contribution in [0.5, 0.6) is 0 Å². The molecule has 125 valence electrons. The summed E-state index contributed by atoms with van der Waals surface area (Å²) in [6.07, 6.45) is 7.40. The number of para-hydroxylation sites is 1. The molecular weight excluding hydrogens is 330 g/mol. The van der Waals surface area contributed by atoms with Crippen LogP contribution < -0.4 is 4.59 Å². The molecule has 7 nitrogen and oxygen atoms in total. The van der Waals surface area contributed by atoms with E-state index in [1.165, 1.54) is 18.0 Å². The van der Waals surface area contributed by atoms with Crippen molar-refractivity contribution >= 4 is 29.7 Å². The Kier molecular flexibility index (Phi) is 3.86. The second kappa shape index (κ2) is 5.91. The number of rotatable bonds is 3. The van der Waals surface area contributed by atoms with E-state index in [-0.39, 0.29) is 10.7 Å². The summed E-state index contributed by atoms with van der Waals surface area (Å²) in [5, 5.41) is 11.5. The average molecular weight is 348 g/mol. The van der Waals surface area contributed by atoms with Gasteiger partial charge in [-0.3, -0.25) is 0 Å². The summed E-state index contributed by atoms with van der Waals surface area (Å²) in [5.41, 5.74) is 0.268. The van der Waals surface area contributed by atoms with Gasteiger partial charge in [-0.25, -0.2) is 4.79 Å². The van der Waals surface area contributed by atoms with Crippen LogP contribution in [0.25, 0.3) is 0 Å². The zero-order valence-corrected chi connectivity index (χ0v) is 13.9. The number of carbonyl (C=O) groups is 1. The van der Waals surface area contributed by atoms with Crippen molar-refractivity contribution < 1.29 is 9.59 Å². The highest BCUT2D eigenvalue weighted by Gasteiger charge is 2.57. The van der Waals surface area contributed by atoms with Gasteiger partial charge in [-0.2, -0.15) is 9.80 Å². The molecule has 1 aliphatic carbocycles. The van der Waals surface area contributed by atoms with Crippen LogP contribution in [0.1, 0.15) is 32.1 Å². The lowest BCUT2D eigenvalue weighted by molar-refractivity contribution is -0.0102. The molecule has 2 aliphatic heterocycles. The molecule has 0 bridgehead atoms. The maximum Gasteiger partial charge on any atom is 0.498 e. The molecule has 24 heavy (non-hydrogen) atoms. The molecule has 1 saturated heterocycles. The van der Waals surface area contributed by atoms with Gasteiger partial charge in [-0.05, 0) is 31.2 Å². The topological polar surface area (TPSA) is 65.3 Å². The maximum absolute atomic E-state index is 13.0. The number of amides is 3. The van der Waals surface area contributed by atoms with Gasteiger partial charge >= 0.3 is 12.4 Å². The van der Waals surface area contributed by atoms with Crippen LogP contribution in [0.4, 0.5) is 10.5 Å². The number of carbonyl (C=O) groups excluding carboxylic acids is 2. The van der Waals surface area contributed by atoms with E-state index >= 15 is 0 Å². The standard InChI is InChI=1S/C16H18ClN5O2/c17-13-6-2-4-8-15(13)22(11-23)16(24)21(18-19-22)20-10-9-12-5-1-3-7-14(12)20/h2,4,6,8,12,14H,1,3,5,7,9-10H2/q+1. The third-order valence-corrected chi connectivity index (χ3v) is 5.58. The number of hydrogen-bond donors (Lipinski definition) is 0. The lowest BCUT2D eigenvalue weighted by atomic mass is 9.85. The number of imide groups is 1. The first kappa shape index (κ1) is 15.7. The zero-order chi connectivity index (χ0) is 16.7. The number of hydrazine groups is 1. The Morgan fingerprint density at radius 1 is 1.21 bits per heavy atom. The number of hydrogen-bond acceptors (Lipinski definition) is 5. The molecule has 1 aromatic rings. The summed E-state index contributed by atoms with van der Waals surface area (Å²) >= 11 is 6.18. The molecule has 3 unspecified atom stereocenters. The molecule has 1 radical (unpaired) electrons. The van der Waals surface area contributed by atoms with Crippen molar-refractivity contribution in [1.29, 1.82) is 0 Å². The Balaban J connectivity index is 1.66. The summed E-state index contributed by atoms with van der Waals surface area (Å²) in [5.74, 6) is 0.588. The Bertz CT molecular complexity index is 711. The molecule has 2 fully saturated rings. The smallest absolute Gasteiger partial charge is 0.211 e. The van der Waals surface area contributed by atoms with Gasteiger partial charge in [0.15, 0.2) is 5.69 Å². The first-order chi connectivity index (χ1) is 11.7. The highest BCUT2D eigenvalue weighted by atomic mass is 35.5. The van der Waals surface area contributed by atoms with Gasteiger partial charge in [0.25, 0.3) is 0 Å². The quantitative estimate of drug-likeness (QED) is 0.784. The predicted molar refractivity (Wildman–Crippen MR) is 88.1 cm³/mol. The fourth-order valence-corrected chi connectivity index (χ4v) is 4.31. The molecular formula is C16H18ClN5O2+. The van der Waals surface area contributed by atoms with Crippen molar-refractivity contribution in [2.24, 2.45) is 16.4 Å². The van der Waals surface area contributed by atoms with E-state index in [4.69, 9.17) is 11.6 Å². The Labute approximate surface area is 145 Å². The molecule has 0 aromatic heterocycles. The van der Waals surface area contributed by atoms with Gasteiger partial charge in [0, 0.05) is 28.5 Å². The van der Waals surface area contributed by atoms with Crippen LogP contribution in [0.15, 0.2) is 34.7 Å². The van der Waals surface area contributed by atoms with E-state index in [2.05, 4.69) is 10.4 Å². The number of benzene rings is 1. The van der Waals surface area contributed by atoms with Gasteiger partial charge < -0.3 is 0 Å². The Hall–Kier alpha value is -1.83. The Morgan fingerprint density at radius 3 is 2.79 bits per heavy atom. The highest BCUT2D eigenvalue weighted by molar-refractivity contribution is 6.33.